The molecule has 1 saturated heterocycles. The number of nitrogens with zero attached hydrogens (tertiary/aromatic N) is 4. The summed E-state index contributed by atoms with van der Waals surface area (Å²) in [6.45, 7) is 6.90. The molecule has 2 amide bonds. The number of anilines is 1. The first kappa shape index (κ1) is 29.6. The number of para-hydroxylation sites is 1. The zero-order valence-corrected chi connectivity index (χ0v) is 24.0. The molecule has 1 aliphatic rings. The summed E-state index contributed by atoms with van der Waals surface area (Å²) in [6, 6.07) is 11.2. The van der Waals surface area contributed by atoms with Crippen molar-refractivity contribution in [1.29, 1.82) is 0 Å². The normalized spacial score (nSPS) is 13.9. The van der Waals surface area contributed by atoms with Crippen molar-refractivity contribution < 1.29 is 23.5 Å². The van der Waals surface area contributed by atoms with E-state index in [2.05, 4.69) is 15.6 Å². The van der Waals surface area contributed by atoms with Crippen LogP contribution in [0, 0.1) is 24.5 Å². The summed E-state index contributed by atoms with van der Waals surface area (Å²) >= 11 is 0. The number of rotatable bonds is 7. The van der Waals surface area contributed by atoms with Crippen LogP contribution in [-0.4, -0.2) is 57.3 Å². The molecule has 12 heteroatoms. The summed E-state index contributed by atoms with van der Waals surface area (Å²) in [5.41, 5.74) is 0.994. The van der Waals surface area contributed by atoms with Crippen molar-refractivity contribution in [3.8, 4) is 16.9 Å². The van der Waals surface area contributed by atoms with Crippen LogP contribution in [0.3, 0.4) is 0 Å². The summed E-state index contributed by atoms with van der Waals surface area (Å²) in [7, 11) is 0. The number of aromatic nitrogens is 3. The second-order valence-corrected chi connectivity index (χ2v) is 11.0. The smallest absolute Gasteiger partial charge is 0.404 e. The Balaban J connectivity index is 1.71. The van der Waals surface area contributed by atoms with Crippen molar-refractivity contribution in [3.63, 3.8) is 0 Å². The first-order valence-corrected chi connectivity index (χ1v) is 14.0. The molecule has 4 aromatic rings. The molecule has 10 nitrogen and oxygen atoms in total. The molecule has 224 valence electrons. The molecule has 5 rings (SSSR count). The third kappa shape index (κ3) is 6.18. The lowest BCUT2D eigenvalue weighted by atomic mass is 9.97. The summed E-state index contributed by atoms with van der Waals surface area (Å²) in [5, 5.41) is 14.6. The fraction of sp³-hybridized carbons (Fsp3) is 0.323. The third-order valence-electron chi connectivity index (χ3n) is 7.51. The molecule has 0 unspecified atom stereocenters. The van der Waals surface area contributed by atoms with E-state index in [0.717, 1.165) is 22.3 Å². The van der Waals surface area contributed by atoms with Gasteiger partial charge in [-0.1, -0.05) is 12.1 Å². The van der Waals surface area contributed by atoms with E-state index in [9.17, 15) is 14.4 Å². The van der Waals surface area contributed by atoms with E-state index in [1.165, 1.54) is 18.2 Å². The zero-order chi connectivity index (χ0) is 30.8. The molecule has 1 aliphatic heterocycles. The highest BCUT2D eigenvalue weighted by Gasteiger charge is 2.26. The van der Waals surface area contributed by atoms with Gasteiger partial charge >= 0.3 is 6.09 Å². The van der Waals surface area contributed by atoms with Gasteiger partial charge in [-0.25, -0.2) is 18.6 Å². The van der Waals surface area contributed by atoms with Gasteiger partial charge < -0.3 is 20.6 Å². The predicted molar refractivity (Wildman–Crippen MR) is 159 cm³/mol. The number of benzene rings is 2. The second-order valence-electron chi connectivity index (χ2n) is 11.0. The lowest BCUT2D eigenvalue weighted by molar-refractivity contribution is 0.0943. The highest BCUT2D eigenvalue weighted by atomic mass is 19.1. The Bertz CT molecular complexity index is 1750. The summed E-state index contributed by atoms with van der Waals surface area (Å²) in [5.74, 6) is -1.74. The fourth-order valence-corrected chi connectivity index (χ4v) is 5.30. The van der Waals surface area contributed by atoms with Crippen LogP contribution in [-0.2, 0) is 0 Å². The minimum absolute atomic E-state index is 0.0163. The van der Waals surface area contributed by atoms with Crippen molar-refractivity contribution in [2.45, 2.75) is 39.7 Å². The second kappa shape index (κ2) is 12.2. The number of carbonyl (C=O) groups excluding carboxylic acids is 1. The number of pyridine rings is 1. The number of aryl methyl sites for hydroxylation is 1. The third-order valence-corrected chi connectivity index (χ3v) is 7.51. The Morgan fingerprint density at radius 3 is 2.40 bits per heavy atom. The maximum atomic E-state index is 15.1. The van der Waals surface area contributed by atoms with E-state index < -0.39 is 29.0 Å². The Labute approximate surface area is 246 Å². The molecular weight excluding hydrogens is 558 g/mol. The fourth-order valence-electron chi connectivity index (χ4n) is 5.30. The summed E-state index contributed by atoms with van der Waals surface area (Å²) in [4.78, 5) is 48.5. The molecular formula is C31H32F2N6O4. The SMILES string of the molecule is Cc1ccc(C(=O)NC(C)C)cc1-c1nc(N2CCC(CNC(=O)O)CC2)nc2c1ccc(=O)n2-c1c(F)cccc1F. The highest BCUT2D eigenvalue weighted by molar-refractivity contribution is 5.98. The number of fused-ring (bicyclic) bond motifs is 1. The minimum Gasteiger partial charge on any atom is -0.465 e. The molecule has 2 aromatic carbocycles. The van der Waals surface area contributed by atoms with Crippen molar-refractivity contribution in [1.82, 2.24) is 25.2 Å². The highest BCUT2D eigenvalue weighted by Crippen LogP contribution is 2.33. The van der Waals surface area contributed by atoms with E-state index in [4.69, 9.17) is 10.1 Å². The molecule has 3 N–H and O–H groups in total. The van der Waals surface area contributed by atoms with E-state index in [1.807, 2.05) is 25.7 Å². The largest absolute Gasteiger partial charge is 0.465 e. The van der Waals surface area contributed by atoms with E-state index in [1.54, 1.807) is 18.2 Å². The van der Waals surface area contributed by atoms with Crippen LogP contribution >= 0.6 is 0 Å². The number of carbonyl (C=O) groups is 2. The Morgan fingerprint density at radius 1 is 1.05 bits per heavy atom. The monoisotopic (exact) mass is 590 g/mol. The average molecular weight is 591 g/mol. The maximum Gasteiger partial charge on any atom is 0.404 e. The molecule has 3 heterocycles. The van der Waals surface area contributed by atoms with E-state index in [0.29, 0.717) is 54.7 Å². The molecule has 0 radical (unpaired) electrons. The zero-order valence-electron chi connectivity index (χ0n) is 24.0. The number of amides is 2. The number of carboxylic acid groups (broad SMARTS) is 1. The van der Waals surface area contributed by atoms with Crippen molar-refractivity contribution in [3.05, 3.63) is 81.6 Å². The standard InChI is InChI=1S/C31H32F2N6O4/c1-17(2)35-29(41)20-8-7-18(3)22(15-20)26-21-9-10-25(40)39(27-23(32)5-4-6-24(27)33)28(21)37-30(36-26)38-13-11-19(12-14-38)16-34-31(42)43/h4-10,15,17,19,34H,11-14,16H2,1-3H3,(H,35,41)(H,42,43). The van der Waals surface area contributed by atoms with Gasteiger partial charge in [0.1, 0.15) is 17.3 Å². The topological polar surface area (TPSA) is 129 Å². The van der Waals surface area contributed by atoms with Crippen molar-refractivity contribution >= 4 is 29.0 Å². The first-order chi connectivity index (χ1) is 20.5. The number of halogens is 2. The first-order valence-electron chi connectivity index (χ1n) is 14.0. The van der Waals surface area contributed by atoms with Crippen LogP contribution in [0.5, 0.6) is 0 Å². The molecule has 0 aliphatic carbocycles. The number of nitrogens with one attached hydrogen (secondary N) is 2. The van der Waals surface area contributed by atoms with Gasteiger partial charge in [-0.05, 0) is 75.4 Å². The van der Waals surface area contributed by atoms with Crippen LogP contribution < -0.4 is 21.1 Å². The Kier molecular flexibility index (Phi) is 8.38. The van der Waals surface area contributed by atoms with Crippen molar-refractivity contribution in [2.24, 2.45) is 5.92 Å². The molecule has 0 atom stereocenters. The molecule has 1 fully saturated rings. The molecule has 0 spiro atoms. The lowest BCUT2D eigenvalue weighted by Crippen LogP contribution is -2.39. The van der Waals surface area contributed by atoms with Gasteiger partial charge in [0.05, 0.1) is 5.69 Å². The van der Waals surface area contributed by atoms with Crippen LogP contribution in [0.25, 0.3) is 28.0 Å². The quantitative estimate of drug-likeness (QED) is 0.286. The summed E-state index contributed by atoms with van der Waals surface area (Å²) < 4.78 is 31.0. The molecule has 0 saturated carbocycles. The van der Waals surface area contributed by atoms with Crippen LogP contribution in [0.2, 0.25) is 0 Å². The molecule has 43 heavy (non-hydrogen) atoms. The van der Waals surface area contributed by atoms with Gasteiger partial charge in [0.25, 0.3) is 11.5 Å². The lowest BCUT2D eigenvalue weighted by Gasteiger charge is -2.32. The van der Waals surface area contributed by atoms with Crippen LogP contribution in [0.1, 0.15) is 42.6 Å². The van der Waals surface area contributed by atoms with Gasteiger partial charge in [-0.3, -0.25) is 14.2 Å². The minimum atomic E-state index is -1.08. The van der Waals surface area contributed by atoms with Crippen LogP contribution in [0.4, 0.5) is 19.5 Å². The van der Waals surface area contributed by atoms with E-state index >= 15 is 8.78 Å². The number of hydrogen-bond donors (Lipinski definition) is 3. The van der Waals surface area contributed by atoms with E-state index in [-0.39, 0.29) is 29.5 Å². The maximum absolute atomic E-state index is 15.1. The van der Waals surface area contributed by atoms with Gasteiger partial charge in [-0.15, -0.1) is 0 Å². The number of piperidine rings is 1. The number of hydrogen-bond acceptors (Lipinski definition) is 6. The Morgan fingerprint density at radius 2 is 1.74 bits per heavy atom. The van der Waals surface area contributed by atoms with Gasteiger partial charge in [0.2, 0.25) is 5.95 Å². The van der Waals surface area contributed by atoms with Gasteiger partial charge in [-0.2, -0.15) is 4.98 Å². The van der Waals surface area contributed by atoms with Crippen LogP contribution in [0.15, 0.2) is 53.3 Å². The molecule has 2 aromatic heterocycles. The van der Waals surface area contributed by atoms with Gasteiger partial charge in [0.15, 0.2) is 5.65 Å². The Hall–Kier alpha value is -4.87. The van der Waals surface area contributed by atoms with Gasteiger partial charge in [0, 0.05) is 48.3 Å². The average Bonchev–Trinajstić information content (AvgIpc) is 2.96. The predicted octanol–water partition coefficient (Wildman–Crippen LogP) is 4.66. The summed E-state index contributed by atoms with van der Waals surface area (Å²) in [6.07, 6.45) is 0.234. The molecule has 0 bridgehead atoms. The van der Waals surface area contributed by atoms with Crippen molar-refractivity contribution in [2.75, 3.05) is 24.5 Å².